The first kappa shape index (κ1) is 23.5. The van der Waals surface area contributed by atoms with Gasteiger partial charge < -0.3 is 14.2 Å². The summed E-state index contributed by atoms with van der Waals surface area (Å²) in [4.78, 5) is 18.1. The number of aromatic nitrogens is 3. The first-order chi connectivity index (χ1) is 16.6. The van der Waals surface area contributed by atoms with Gasteiger partial charge in [0.05, 0.1) is 17.7 Å². The minimum Gasteiger partial charge on any atom is -0.494 e. The monoisotopic (exact) mass is 477 g/mol. The summed E-state index contributed by atoms with van der Waals surface area (Å²) in [7, 11) is 0. The van der Waals surface area contributed by atoms with Crippen LogP contribution in [0.4, 0.5) is 0 Å². The summed E-state index contributed by atoms with van der Waals surface area (Å²) in [5.74, 6) is 2.58. The lowest BCUT2D eigenvalue weighted by molar-refractivity contribution is 0.297. The first-order valence-electron chi connectivity index (χ1n) is 11.3. The summed E-state index contributed by atoms with van der Waals surface area (Å²) in [5.41, 5.74) is 1.46. The van der Waals surface area contributed by atoms with Crippen molar-refractivity contribution in [2.24, 2.45) is 0 Å². The molecule has 0 bridgehead atoms. The molecule has 0 saturated carbocycles. The van der Waals surface area contributed by atoms with Crippen LogP contribution in [0.25, 0.3) is 22.4 Å². The Bertz CT molecular complexity index is 1380. The Hall–Kier alpha value is -3.65. The zero-order valence-electron chi connectivity index (χ0n) is 19.3. The fourth-order valence-electron chi connectivity index (χ4n) is 3.29. The van der Waals surface area contributed by atoms with Crippen molar-refractivity contribution in [1.82, 2.24) is 14.6 Å². The van der Waals surface area contributed by atoms with Crippen molar-refractivity contribution in [1.29, 1.82) is 0 Å². The van der Waals surface area contributed by atoms with Crippen LogP contribution in [-0.2, 0) is 0 Å². The first-order valence-corrected chi connectivity index (χ1v) is 12.1. The summed E-state index contributed by atoms with van der Waals surface area (Å²) in [6, 6.07) is 13.2. The van der Waals surface area contributed by atoms with Gasteiger partial charge in [-0.05, 0) is 61.4 Å². The maximum absolute atomic E-state index is 12.9. The fourth-order valence-corrected chi connectivity index (χ4v) is 4.20. The third-order valence-electron chi connectivity index (χ3n) is 4.98. The maximum atomic E-state index is 12.9. The second kappa shape index (κ2) is 11.0. The van der Waals surface area contributed by atoms with Gasteiger partial charge in [-0.1, -0.05) is 43.4 Å². The number of ether oxygens (including phenoxy) is 3. The van der Waals surface area contributed by atoms with E-state index in [-0.39, 0.29) is 5.56 Å². The number of hydrogen-bond acceptors (Lipinski definition) is 7. The minimum absolute atomic E-state index is 0.205. The van der Waals surface area contributed by atoms with Crippen LogP contribution in [-0.4, -0.2) is 34.4 Å². The summed E-state index contributed by atoms with van der Waals surface area (Å²) in [5, 5.41) is 4.43. The quantitative estimate of drug-likeness (QED) is 0.234. The van der Waals surface area contributed by atoms with Crippen LogP contribution in [0.15, 0.2) is 59.9 Å². The molecule has 0 fully saturated rings. The van der Waals surface area contributed by atoms with Crippen molar-refractivity contribution in [2.45, 2.75) is 26.7 Å². The molecule has 34 heavy (non-hydrogen) atoms. The number of thiazole rings is 1. The Labute approximate surface area is 201 Å². The van der Waals surface area contributed by atoms with Gasteiger partial charge >= 0.3 is 0 Å². The van der Waals surface area contributed by atoms with Crippen LogP contribution >= 0.6 is 11.3 Å². The summed E-state index contributed by atoms with van der Waals surface area (Å²) in [6.07, 6.45) is 5.60. The van der Waals surface area contributed by atoms with Gasteiger partial charge in [-0.15, -0.1) is 5.10 Å². The summed E-state index contributed by atoms with van der Waals surface area (Å²) < 4.78 is 18.9. The molecule has 0 aliphatic rings. The molecule has 176 valence electrons. The molecule has 2 aromatic heterocycles. The van der Waals surface area contributed by atoms with Crippen molar-refractivity contribution < 1.29 is 14.2 Å². The van der Waals surface area contributed by atoms with Gasteiger partial charge in [0, 0.05) is 5.56 Å². The van der Waals surface area contributed by atoms with Gasteiger partial charge in [-0.3, -0.25) is 4.79 Å². The van der Waals surface area contributed by atoms with E-state index in [1.54, 1.807) is 6.08 Å². The van der Waals surface area contributed by atoms with E-state index in [2.05, 4.69) is 23.6 Å². The Morgan fingerprint density at radius 1 is 1.06 bits per heavy atom. The number of rotatable bonds is 11. The third kappa shape index (κ3) is 5.28. The molecule has 8 heteroatoms. The molecule has 0 N–H and O–H groups in total. The lowest BCUT2D eigenvalue weighted by Crippen LogP contribution is -2.23. The van der Waals surface area contributed by atoms with Crippen LogP contribution in [0.1, 0.15) is 32.3 Å². The molecular weight excluding hydrogens is 450 g/mol. The average molecular weight is 478 g/mol. The van der Waals surface area contributed by atoms with E-state index in [0.29, 0.717) is 46.6 Å². The Morgan fingerprint density at radius 2 is 1.88 bits per heavy atom. The molecule has 0 atom stereocenters. The van der Waals surface area contributed by atoms with Gasteiger partial charge in [-0.25, -0.2) is 0 Å². The van der Waals surface area contributed by atoms with Gasteiger partial charge in [-0.2, -0.15) is 9.50 Å². The number of unbranched alkanes of at least 4 members (excludes halogenated alkanes) is 1. The Morgan fingerprint density at radius 3 is 2.59 bits per heavy atom. The van der Waals surface area contributed by atoms with Gasteiger partial charge in [0.15, 0.2) is 17.3 Å². The molecule has 4 rings (SSSR count). The van der Waals surface area contributed by atoms with Gasteiger partial charge in [0.1, 0.15) is 12.4 Å². The Balaban J connectivity index is 1.59. The highest BCUT2D eigenvalue weighted by Crippen LogP contribution is 2.29. The molecule has 0 aliphatic heterocycles. The topological polar surface area (TPSA) is 75.0 Å². The predicted octanol–water partition coefficient (Wildman–Crippen LogP) is 4.51. The largest absolute Gasteiger partial charge is 0.494 e. The zero-order valence-corrected chi connectivity index (χ0v) is 20.1. The smallest absolute Gasteiger partial charge is 0.291 e. The summed E-state index contributed by atoms with van der Waals surface area (Å²) in [6.45, 7) is 9.30. The predicted molar refractivity (Wildman–Crippen MR) is 135 cm³/mol. The number of benzene rings is 2. The van der Waals surface area contributed by atoms with Crippen molar-refractivity contribution in [3.8, 4) is 28.6 Å². The molecule has 0 spiro atoms. The number of nitrogens with zero attached hydrogens (tertiary/aromatic N) is 3. The van der Waals surface area contributed by atoms with Crippen molar-refractivity contribution in [3.63, 3.8) is 0 Å². The second-order valence-corrected chi connectivity index (χ2v) is 8.52. The minimum atomic E-state index is -0.205. The van der Waals surface area contributed by atoms with Crippen LogP contribution < -0.4 is 24.3 Å². The van der Waals surface area contributed by atoms with Crippen molar-refractivity contribution in [3.05, 3.63) is 75.6 Å². The Kier molecular flexibility index (Phi) is 7.59. The van der Waals surface area contributed by atoms with Gasteiger partial charge in [0.2, 0.25) is 4.96 Å². The van der Waals surface area contributed by atoms with E-state index in [0.717, 1.165) is 29.7 Å². The van der Waals surface area contributed by atoms with Crippen molar-refractivity contribution in [2.75, 3.05) is 19.8 Å². The second-order valence-electron chi connectivity index (χ2n) is 7.51. The van der Waals surface area contributed by atoms with E-state index < -0.39 is 0 Å². The van der Waals surface area contributed by atoms with Crippen molar-refractivity contribution >= 4 is 22.4 Å². The molecule has 4 aromatic rings. The molecule has 0 saturated heterocycles. The SMILES string of the molecule is C=CCOc1ccc(C=c2sc3nc(-c4ccc(OCCCC)cc4)nn3c2=O)cc1OCC. The van der Waals surface area contributed by atoms with Gasteiger partial charge in [0.25, 0.3) is 5.56 Å². The van der Waals surface area contributed by atoms with Crippen LogP contribution in [0.5, 0.6) is 17.2 Å². The number of hydrogen-bond donors (Lipinski definition) is 0. The van der Waals surface area contributed by atoms with Crippen LogP contribution in [0, 0.1) is 0 Å². The van der Waals surface area contributed by atoms with Crippen LogP contribution in [0.2, 0.25) is 0 Å². The highest BCUT2D eigenvalue weighted by molar-refractivity contribution is 7.15. The molecule has 7 nitrogen and oxygen atoms in total. The normalized spacial score (nSPS) is 11.6. The zero-order chi connectivity index (χ0) is 23.9. The number of fused-ring (bicyclic) bond motifs is 1. The molecule has 2 aromatic carbocycles. The molecule has 0 amide bonds. The van der Waals surface area contributed by atoms with E-state index in [1.165, 1.54) is 15.9 Å². The summed E-state index contributed by atoms with van der Waals surface area (Å²) >= 11 is 1.30. The van der Waals surface area contributed by atoms with E-state index in [4.69, 9.17) is 14.2 Å². The van der Waals surface area contributed by atoms with E-state index in [1.807, 2.05) is 55.5 Å². The molecule has 0 aliphatic carbocycles. The average Bonchev–Trinajstić information content (AvgIpc) is 3.39. The molecule has 0 radical (unpaired) electrons. The molecule has 0 unspecified atom stereocenters. The molecule has 2 heterocycles. The molecular formula is C26H27N3O4S. The van der Waals surface area contributed by atoms with E-state index >= 15 is 0 Å². The fraction of sp³-hybridized carbons (Fsp3) is 0.269. The maximum Gasteiger partial charge on any atom is 0.291 e. The van der Waals surface area contributed by atoms with Crippen LogP contribution in [0.3, 0.4) is 0 Å². The highest BCUT2D eigenvalue weighted by Gasteiger charge is 2.13. The van der Waals surface area contributed by atoms with E-state index in [9.17, 15) is 4.79 Å². The standard InChI is InChI=1S/C26H27N3O4S/c1-4-7-15-32-20-11-9-19(10-12-20)24-27-26-29(28-24)25(30)23(34-26)17-18-8-13-21(33-14-5-2)22(16-18)31-6-3/h5,8-13,16-17H,2,4,6-7,14-15H2,1,3H3. The lowest BCUT2D eigenvalue weighted by atomic mass is 10.2. The lowest BCUT2D eigenvalue weighted by Gasteiger charge is -2.11. The highest BCUT2D eigenvalue weighted by atomic mass is 32.1. The third-order valence-corrected chi connectivity index (χ3v) is 5.94.